The summed E-state index contributed by atoms with van der Waals surface area (Å²) in [6.45, 7) is 8.33. The van der Waals surface area contributed by atoms with Crippen LogP contribution in [-0.2, 0) is 11.2 Å². The molecular weight excluding hydrogens is 366 g/mol. The first-order valence-corrected chi connectivity index (χ1v) is 10.7. The first-order chi connectivity index (χ1) is 13.4. The predicted molar refractivity (Wildman–Crippen MR) is 117 cm³/mol. The number of carbonyl (C=O) groups is 1. The standard InChI is InChI=1S/C23H27N3OS/c1-15(2)13-18-9-11-19(12-10-18)16(3)24-22(27)14-28-23-20-7-5-6-8-21(20)25-17(4)26-23/h5-12,15-16H,13-14H2,1-4H3,(H,24,27)/t16-/m0/s1. The maximum Gasteiger partial charge on any atom is 0.230 e. The number of carbonyl (C=O) groups excluding carboxylic acids is 1. The molecule has 5 heteroatoms. The van der Waals surface area contributed by atoms with Gasteiger partial charge in [0, 0.05) is 5.39 Å². The minimum atomic E-state index is -0.0231. The Morgan fingerprint density at radius 3 is 2.46 bits per heavy atom. The lowest BCUT2D eigenvalue weighted by Crippen LogP contribution is -2.28. The largest absolute Gasteiger partial charge is 0.349 e. The average molecular weight is 394 g/mol. The molecule has 1 aromatic heterocycles. The van der Waals surface area contributed by atoms with E-state index in [0.29, 0.717) is 11.7 Å². The van der Waals surface area contributed by atoms with Crippen molar-refractivity contribution < 1.29 is 4.79 Å². The minimum Gasteiger partial charge on any atom is -0.349 e. The van der Waals surface area contributed by atoms with Gasteiger partial charge >= 0.3 is 0 Å². The number of thioether (sulfide) groups is 1. The van der Waals surface area contributed by atoms with E-state index >= 15 is 0 Å². The van der Waals surface area contributed by atoms with Gasteiger partial charge in [-0.25, -0.2) is 9.97 Å². The van der Waals surface area contributed by atoms with Gasteiger partial charge in [-0.05, 0) is 43.4 Å². The van der Waals surface area contributed by atoms with Gasteiger partial charge in [0.1, 0.15) is 10.9 Å². The van der Waals surface area contributed by atoms with Crippen molar-refractivity contribution in [1.29, 1.82) is 0 Å². The van der Waals surface area contributed by atoms with Crippen LogP contribution in [0.1, 0.15) is 43.8 Å². The fourth-order valence-electron chi connectivity index (χ4n) is 3.18. The van der Waals surface area contributed by atoms with Crippen molar-refractivity contribution in [2.24, 2.45) is 5.92 Å². The van der Waals surface area contributed by atoms with Crippen molar-refractivity contribution in [3.8, 4) is 0 Å². The number of nitrogens with one attached hydrogen (secondary N) is 1. The highest BCUT2D eigenvalue weighted by Gasteiger charge is 2.12. The summed E-state index contributed by atoms with van der Waals surface area (Å²) in [4.78, 5) is 21.4. The van der Waals surface area contributed by atoms with E-state index in [2.05, 4.69) is 53.4 Å². The Balaban J connectivity index is 1.60. The average Bonchev–Trinajstić information content (AvgIpc) is 2.66. The van der Waals surface area contributed by atoms with E-state index in [1.165, 1.54) is 17.3 Å². The molecule has 0 radical (unpaired) electrons. The van der Waals surface area contributed by atoms with Crippen LogP contribution in [0.15, 0.2) is 53.6 Å². The molecule has 28 heavy (non-hydrogen) atoms. The molecule has 1 heterocycles. The van der Waals surface area contributed by atoms with Gasteiger partial charge in [0.2, 0.25) is 5.91 Å². The quantitative estimate of drug-likeness (QED) is 0.448. The molecule has 0 unspecified atom stereocenters. The van der Waals surface area contributed by atoms with Gasteiger partial charge < -0.3 is 5.32 Å². The third-order valence-corrected chi connectivity index (χ3v) is 5.51. The van der Waals surface area contributed by atoms with Crippen molar-refractivity contribution in [2.75, 3.05) is 5.75 Å². The molecule has 0 aliphatic carbocycles. The van der Waals surface area contributed by atoms with Crippen LogP contribution in [0.3, 0.4) is 0 Å². The molecular formula is C23H27N3OS. The number of rotatable bonds is 7. The maximum absolute atomic E-state index is 12.5. The van der Waals surface area contributed by atoms with Crippen molar-refractivity contribution in [1.82, 2.24) is 15.3 Å². The summed E-state index contributed by atoms with van der Waals surface area (Å²) in [5, 5.41) is 4.92. The van der Waals surface area contributed by atoms with Crippen LogP contribution in [0.25, 0.3) is 10.9 Å². The number of aromatic nitrogens is 2. The van der Waals surface area contributed by atoms with Crippen LogP contribution in [0.5, 0.6) is 0 Å². The van der Waals surface area contributed by atoms with Crippen LogP contribution in [0.4, 0.5) is 0 Å². The lowest BCUT2D eigenvalue weighted by Gasteiger charge is -2.15. The molecule has 3 rings (SSSR count). The Morgan fingerprint density at radius 2 is 1.75 bits per heavy atom. The van der Waals surface area contributed by atoms with Gasteiger partial charge in [-0.3, -0.25) is 4.79 Å². The number of benzene rings is 2. The number of fused-ring (bicyclic) bond motifs is 1. The van der Waals surface area contributed by atoms with E-state index < -0.39 is 0 Å². The van der Waals surface area contributed by atoms with E-state index in [1.54, 1.807) is 0 Å². The SMILES string of the molecule is Cc1nc(SCC(=O)N[C@@H](C)c2ccc(CC(C)C)cc2)c2ccccc2n1. The highest BCUT2D eigenvalue weighted by Crippen LogP contribution is 2.25. The molecule has 0 fully saturated rings. The number of hydrogen-bond acceptors (Lipinski definition) is 4. The third kappa shape index (κ3) is 5.32. The normalized spacial score (nSPS) is 12.3. The first kappa shape index (κ1) is 20.3. The van der Waals surface area contributed by atoms with Gasteiger partial charge in [0.25, 0.3) is 0 Å². The molecule has 0 saturated heterocycles. The lowest BCUT2D eigenvalue weighted by molar-refractivity contribution is -0.119. The van der Waals surface area contributed by atoms with E-state index in [4.69, 9.17) is 0 Å². The molecule has 2 aromatic carbocycles. The molecule has 0 aliphatic heterocycles. The van der Waals surface area contributed by atoms with E-state index in [-0.39, 0.29) is 11.9 Å². The van der Waals surface area contributed by atoms with Crippen LogP contribution in [0, 0.1) is 12.8 Å². The summed E-state index contributed by atoms with van der Waals surface area (Å²) in [7, 11) is 0. The number of amides is 1. The van der Waals surface area contributed by atoms with Crippen molar-refractivity contribution in [3.63, 3.8) is 0 Å². The zero-order chi connectivity index (χ0) is 20.1. The zero-order valence-corrected chi connectivity index (χ0v) is 17.7. The van der Waals surface area contributed by atoms with Gasteiger partial charge in [0.15, 0.2) is 0 Å². The van der Waals surface area contributed by atoms with Crippen LogP contribution in [-0.4, -0.2) is 21.6 Å². The smallest absolute Gasteiger partial charge is 0.230 e. The fraction of sp³-hybridized carbons (Fsp3) is 0.348. The van der Waals surface area contributed by atoms with Crippen LogP contribution >= 0.6 is 11.8 Å². The topological polar surface area (TPSA) is 54.9 Å². The Hall–Kier alpha value is -2.40. The molecule has 4 nitrogen and oxygen atoms in total. The minimum absolute atomic E-state index is 0.00380. The van der Waals surface area contributed by atoms with Crippen LogP contribution in [0.2, 0.25) is 0 Å². The summed E-state index contributed by atoms with van der Waals surface area (Å²) in [6, 6.07) is 16.4. The fourth-order valence-corrected chi connectivity index (χ4v) is 4.06. The number of nitrogens with zero attached hydrogens (tertiary/aromatic N) is 2. The Bertz CT molecular complexity index is 954. The second-order valence-corrected chi connectivity index (χ2v) is 8.47. The van der Waals surface area contributed by atoms with Gasteiger partial charge in [-0.1, -0.05) is 68.1 Å². The molecule has 1 N–H and O–H groups in total. The van der Waals surface area contributed by atoms with Crippen LogP contribution < -0.4 is 5.32 Å². The number of para-hydroxylation sites is 1. The first-order valence-electron chi connectivity index (χ1n) is 9.66. The number of aryl methyl sites for hydroxylation is 1. The summed E-state index contributed by atoms with van der Waals surface area (Å²) in [6.07, 6.45) is 1.07. The number of hydrogen-bond donors (Lipinski definition) is 1. The molecule has 0 saturated carbocycles. The van der Waals surface area contributed by atoms with Gasteiger partial charge in [0.05, 0.1) is 17.3 Å². The van der Waals surface area contributed by atoms with E-state index in [9.17, 15) is 4.79 Å². The monoisotopic (exact) mass is 393 g/mol. The highest BCUT2D eigenvalue weighted by atomic mass is 32.2. The second kappa shape index (κ2) is 9.20. The molecule has 0 aliphatic rings. The Kier molecular flexibility index (Phi) is 6.68. The third-order valence-electron chi connectivity index (χ3n) is 4.52. The maximum atomic E-state index is 12.5. The molecule has 0 spiro atoms. The molecule has 1 atom stereocenters. The summed E-state index contributed by atoms with van der Waals surface area (Å²) in [5.74, 6) is 1.69. The highest BCUT2D eigenvalue weighted by molar-refractivity contribution is 8.00. The molecule has 1 amide bonds. The molecule has 3 aromatic rings. The van der Waals surface area contributed by atoms with Gasteiger partial charge in [-0.15, -0.1) is 0 Å². The molecule has 146 valence electrons. The lowest BCUT2D eigenvalue weighted by atomic mass is 10.00. The zero-order valence-electron chi connectivity index (χ0n) is 16.9. The van der Waals surface area contributed by atoms with Gasteiger partial charge in [-0.2, -0.15) is 0 Å². The molecule has 0 bridgehead atoms. The second-order valence-electron chi connectivity index (χ2n) is 7.51. The predicted octanol–water partition coefficient (Wildman–Crippen LogP) is 5.11. The summed E-state index contributed by atoms with van der Waals surface area (Å²) in [5.41, 5.74) is 3.36. The van der Waals surface area contributed by atoms with Crippen molar-refractivity contribution in [3.05, 3.63) is 65.5 Å². The Labute approximate surface area is 171 Å². The summed E-state index contributed by atoms with van der Waals surface area (Å²) < 4.78 is 0. The Morgan fingerprint density at radius 1 is 1.04 bits per heavy atom. The summed E-state index contributed by atoms with van der Waals surface area (Å²) >= 11 is 1.46. The van der Waals surface area contributed by atoms with E-state index in [1.807, 2.05) is 38.1 Å². The van der Waals surface area contributed by atoms with Crippen molar-refractivity contribution >= 4 is 28.6 Å². The van der Waals surface area contributed by atoms with Crippen molar-refractivity contribution in [2.45, 2.75) is 45.2 Å². The van der Waals surface area contributed by atoms with E-state index in [0.717, 1.165) is 33.7 Å².